The summed E-state index contributed by atoms with van der Waals surface area (Å²) in [6.07, 6.45) is -9.55. The molecule has 0 fully saturated rings. The summed E-state index contributed by atoms with van der Waals surface area (Å²) < 4.78 is 104. The largest absolute Gasteiger partial charge is 0.449 e. The third kappa shape index (κ3) is 3.74. The molecule has 1 unspecified atom stereocenters. The fourth-order valence-electron chi connectivity index (χ4n) is 3.35. The van der Waals surface area contributed by atoms with Crippen molar-refractivity contribution in [3.63, 3.8) is 0 Å². The van der Waals surface area contributed by atoms with Gasteiger partial charge in [0.05, 0.1) is 5.56 Å². The highest BCUT2D eigenvalue weighted by molar-refractivity contribution is 7.97. The molecule has 1 N–H and O–H groups in total. The molecule has 4 aromatic rings. The quantitative estimate of drug-likeness (QED) is 0.338. The van der Waals surface area contributed by atoms with Gasteiger partial charge in [0.1, 0.15) is 28.3 Å². The van der Waals surface area contributed by atoms with Crippen molar-refractivity contribution in [3.05, 3.63) is 29.7 Å². The van der Waals surface area contributed by atoms with Crippen molar-refractivity contribution in [1.29, 1.82) is 0 Å². The lowest BCUT2D eigenvalue weighted by molar-refractivity contribution is -0.146. The molecule has 4 heterocycles. The van der Waals surface area contributed by atoms with E-state index < -0.39 is 44.9 Å². The average Bonchev–Trinajstić information content (AvgIpc) is 3.22. The molecule has 0 aliphatic heterocycles. The molecule has 0 bridgehead atoms. The van der Waals surface area contributed by atoms with E-state index in [0.29, 0.717) is 6.07 Å². The molecule has 0 radical (unpaired) electrons. The molecule has 4 rings (SSSR count). The third-order valence-corrected chi connectivity index (χ3v) is 6.70. The molecule has 15 heteroatoms. The van der Waals surface area contributed by atoms with E-state index in [9.17, 15) is 35.1 Å². The molecule has 0 aromatic carbocycles. The average molecular weight is 493 g/mol. The molecule has 0 amide bonds. The van der Waals surface area contributed by atoms with Crippen LogP contribution in [0.5, 0.6) is 0 Å². The first-order valence-electron chi connectivity index (χ1n) is 9.25. The third-order valence-electron chi connectivity index (χ3n) is 5.01. The zero-order chi connectivity index (χ0) is 24.5. The Morgan fingerprint density at radius 2 is 1.52 bits per heavy atom. The number of alkyl halides is 6. The number of imidazole rings is 2. The smallest absolute Gasteiger partial charge is 0.312 e. The van der Waals surface area contributed by atoms with Gasteiger partial charge < -0.3 is 9.13 Å². The summed E-state index contributed by atoms with van der Waals surface area (Å²) in [6, 6.07) is 2.89. The Bertz CT molecular complexity index is 1460. The highest BCUT2D eigenvalue weighted by Gasteiger charge is 2.40. The monoisotopic (exact) mass is 493 g/mol. The van der Waals surface area contributed by atoms with Crippen LogP contribution in [0.25, 0.3) is 33.7 Å². The first-order valence-corrected chi connectivity index (χ1v) is 10.9. The standard InChI is InChI=1S/C18H14F6N6O2S/c1-4-33(31,32)15-8(5-6-11(27-15)17(19,20)21)12-25-9-7-10-14(28-13(9)29(12)2)30(3)16(26-10)18(22,23)24/h5-7H,4H2,1-3H3/p+1. The predicted molar refractivity (Wildman–Crippen MR) is 106 cm³/mol. The Morgan fingerprint density at radius 1 is 0.909 bits per heavy atom. The second-order valence-corrected chi connectivity index (χ2v) is 9.38. The summed E-state index contributed by atoms with van der Waals surface area (Å²) in [4.78, 5) is 15.4. The van der Waals surface area contributed by atoms with Crippen molar-refractivity contribution in [2.45, 2.75) is 24.3 Å². The number of pyridine rings is 2. The fraction of sp³-hybridized carbons (Fsp3) is 0.333. The zero-order valence-corrected chi connectivity index (χ0v) is 18.0. The highest BCUT2D eigenvalue weighted by atomic mass is 32.3. The first kappa shape index (κ1) is 23.1. The van der Waals surface area contributed by atoms with Crippen molar-refractivity contribution in [2.24, 2.45) is 14.1 Å². The minimum Gasteiger partial charge on any atom is -0.312 e. The van der Waals surface area contributed by atoms with Gasteiger partial charge in [-0.2, -0.15) is 35.9 Å². The van der Waals surface area contributed by atoms with Crippen LogP contribution in [-0.2, 0) is 40.9 Å². The number of aryl methyl sites for hydroxylation is 2. The predicted octanol–water partition coefficient (Wildman–Crippen LogP) is 4.31. The van der Waals surface area contributed by atoms with E-state index >= 15 is 0 Å². The lowest BCUT2D eigenvalue weighted by Crippen LogP contribution is -2.19. The number of hydrogen-bond donors (Lipinski definition) is 1. The van der Waals surface area contributed by atoms with Gasteiger partial charge in [0, 0.05) is 14.1 Å². The molecule has 0 spiro atoms. The van der Waals surface area contributed by atoms with Crippen LogP contribution in [0.2, 0.25) is 0 Å². The van der Waals surface area contributed by atoms with Gasteiger partial charge in [0.2, 0.25) is 5.82 Å². The second-order valence-electron chi connectivity index (χ2n) is 7.14. The lowest BCUT2D eigenvalue weighted by Gasteiger charge is -2.11. The van der Waals surface area contributed by atoms with E-state index in [1.54, 1.807) is 0 Å². The molecule has 0 aliphatic rings. The van der Waals surface area contributed by atoms with E-state index in [4.69, 9.17) is 0 Å². The maximum Gasteiger partial charge on any atom is 0.449 e. The van der Waals surface area contributed by atoms with Crippen LogP contribution in [-0.4, -0.2) is 39.4 Å². The summed E-state index contributed by atoms with van der Waals surface area (Å²) in [5.41, 5.74) is -1.46. The zero-order valence-electron chi connectivity index (χ0n) is 17.2. The van der Waals surface area contributed by atoms with Crippen LogP contribution in [0.4, 0.5) is 26.3 Å². The molecule has 33 heavy (non-hydrogen) atoms. The van der Waals surface area contributed by atoms with E-state index in [1.165, 1.54) is 24.6 Å². The van der Waals surface area contributed by atoms with Crippen molar-refractivity contribution in [2.75, 3.05) is 5.75 Å². The summed E-state index contributed by atoms with van der Waals surface area (Å²) in [5.74, 6) is -1.59. The van der Waals surface area contributed by atoms with Gasteiger partial charge in [-0.05, 0) is 25.1 Å². The summed E-state index contributed by atoms with van der Waals surface area (Å²) in [5, 5.41) is -0.694. The maximum atomic E-state index is 13.2. The van der Waals surface area contributed by atoms with Crippen LogP contribution in [0.15, 0.2) is 23.2 Å². The summed E-state index contributed by atoms with van der Waals surface area (Å²) >= 11 is 0. The lowest BCUT2D eigenvalue weighted by atomic mass is 10.2. The number of fused-ring (bicyclic) bond motifs is 2. The van der Waals surface area contributed by atoms with Gasteiger partial charge >= 0.3 is 12.4 Å². The Kier molecular flexibility index (Phi) is 5.05. The van der Waals surface area contributed by atoms with E-state index in [1.807, 2.05) is 0 Å². The van der Waals surface area contributed by atoms with Crippen LogP contribution in [0.1, 0.15) is 18.4 Å². The second kappa shape index (κ2) is 7.21. The molecular formula is C18H15F6N6O2S+. The van der Waals surface area contributed by atoms with E-state index in [-0.39, 0.29) is 33.7 Å². The molecule has 1 atom stereocenters. The number of aromatic nitrogens is 6. The van der Waals surface area contributed by atoms with Crippen molar-refractivity contribution in [3.8, 4) is 11.4 Å². The van der Waals surface area contributed by atoms with E-state index in [0.717, 1.165) is 17.7 Å². The Hall–Kier alpha value is -3.07. The van der Waals surface area contributed by atoms with Gasteiger partial charge in [-0.15, -0.1) is 0 Å². The van der Waals surface area contributed by atoms with Gasteiger partial charge in [-0.3, -0.25) is 0 Å². The molecular weight excluding hydrogens is 478 g/mol. The Labute approximate surface area is 182 Å². The van der Waals surface area contributed by atoms with Gasteiger partial charge in [-0.25, -0.2) is 15.0 Å². The number of halogens is 6. The molecule has 176 valence electrons. The molecule has 8 nitrogen and oxygen atoms in total. The Morgan fingerprint density at radius 3 is 2.09 bits per heavy atom. The van der Waals surface area contributed by atoms with Gasteiger partial charge in [-0.1, -0.05) is 4.21 Å². The number of nitrogens with zero attached hydrogens (tertiary/aromatic N) is 6. The molecule has 0 saturated heterocycles. The normalized spacial score (nSPS) is 14.8. The topological polar surface area (TPSA) is 98.7 Å². The van der Waals surface area contributed by atoms with Crippen LogP contribution in [0.3, 0.4) is 0 Å². The Balaban J connectivity index is 1.98. The molecule has 4 aromatic heterocycles. The minimum absolute atomic E-state index is 0.0321. The number of rotatable bonds is 3. The molecule has 0 aliphatic carbocycles. The highest BCUT2D eigenvalue weighted by Crippen LogP contribution is 2.36. The van der Waals surface area contributed by atoms with Crippen LogP contribution < -0.4 is 0 Å². The summed E-state index contributed by atoms with van der Waals surface area (Å²) in [6.45, 7) is 1.32. The van der Waals surface area contributed by atoms with Crippen LogP contribution >= 0.6 is 0 Å². The van der Waals surface area contributed by atoms with Crippen molar-refractivity contribution in [1.82, 2.24) is 29.1 Å². The van der Waals surface area contributed by atoms with Gasteiger partial charge in [0.25, 0.3) is 15.2 Å². The van der Waals surface area contributed by atoms with Crippen molar-refractivity contribution < 1.29 is 35.1 Å². The first-order chi connectivity index (χ1) is 15.1. The number of hydrogen-bond acceptors (Lipinski definition) is 5. The van der Waals surface area contributed by atoms with Gasteiger partial charge in [0.15, 0.2) is 11.3 Å². The van der Waals surface area contributed by atoms with Crippen LogP contribution in [0, 0.1) is 0 Å². The van der Waals surface area contributed by atoms with Crippen molar-refractivity contribution >= 4 is 32.5 Å². The molecule has 0 saturated carbocycles. The maximum absolute atomic E-state index is 13.2. The minimum atomic E-state index is -4.84. The SMILES string of the molecule is CC[S+](=O)(O)c1nc(C(F)(F)F)ccc1-c1nc2cc3nc(C(F)(F)F)n(C)c3nc2n1C. The summed E-state index contributed by atoms with van der Waals surface area (Å²) in [7, 11) is -1.37. The van der Waals surface area contributed by atoms with E-state index in [2.05, 4.69) is 19.9 Å². The fourth-order valence-corrected chi connectivity index (χ4v) is 4.37.